The molecule has 1 aliphatic heterocycles. The molecule has 1 aromatic carbocycles. The van der Waals surface area contributed by atoms with Crippen LogP contribution in [0.15, 0.2) is 24.3 Å². The first-order valence-corrected chi connectivity index (χ1v) is 5.80. The highest BCUT2D eigenvalue weighted by Crippen LogP contribution is 2.19. The molecule has 3 N–H and O–H groups in total. The SMILES string of the molecule is CNCC(=O)Nc1ccc(N2CCNC2=O)cc1.Cl. The van der Waals surface area contributed by atoms with Gasteiger partial charge < -0.3 is 16.0 Å². The summed E-state index contributed by atoms with van der Waals surface area (Å²) in [4.78, 5) is 24.5. The highest BCUT2D eigenvalue weighted by Gasteiger charge is 2.20. The highest BCUT2D eigenvalue weighted by atomic mass is 35.5. The van der Waals surface area contributed by atoms with Gasteiger partial charge in [-0.05, 0) is 31.3 Å². The van der Waals surface area contributed by atoms with Crippen LogP contribution in [0.5, 0.6) is 0 Å². The number of carbonyl (C=O) groups is 2. The lowest BCUT2D eigenvalue weighted by Crippen LogP contribution is -2.27. The zero-order chi connectivity index (χ0) is 13.0. The van der Waals surface area contributed by atoms with Crippen molar-refractivity contribution in [2.24, 2.45) is 0 Å². The van der Waals surface area contributed by atoms with E-state index in [2.05, 4.69) is 16.0 Å². The summed E-state index contributed by atoms with van der Waals surface area (Å²) in [6.07, 6.45) is 0. The van der Waals surface area contributed by atoms with Crippen LogP contribution in [0.4, 0.5) is 16.2 Å². The first kappa shape index (κ1) is 15.3. The maximum Gasteiger partial charge on any atom is 0.321 e. The number of urea groups is 1. The van der Waals surface area contributed by atoms with Gasteiger partial charge in [0.25, 0.3) is 0 Å². The summed E-state index contributed by atoms with van der Waals surface area (Å²) >= 11 is 0. The predicted molar refractivity (Wildman–Crippen MR) is 77.0 cm³/mol. The van der Waals surface area contributed by atoms with E-state index in [9.17, 15) is 9.59 Å². The van der Waals surface area contributed by atoms with E-state index >= 15 is 0 Å². The second-order valence-corrected chi connectivity index (χ2v) is 4.01. The Morgan fingerprint density at radius 1 is 1.37 bits per heavy atom. The Morgan fingerprint density at radius 3 is 2.58 bits per heavy atom. The summed E-state index contributed by atoms with van der Waals surface area (Å²) in [5.41, 5.74) is 1.55. The molecule has 0 spiro atoms. The van der Waals surface area contributed by atoms with Crippen LogP contribution in [0, 0.1) is 0 Å². The number of hydrogen-bond donors (Lipinski definition) is 3. The third-order valence-electron chi connectivity index (χ3n) is 2.66. The van der Waals surface area contributed by atoms with E-state index in [0.717, 1.165) is 11.4 Å². The van der Waals surface area contributed by atoms with Crippen molar-refractivity contribution in [3.63, 3.8) is 0 Å². The van der Waals surface area contributed by atoms with Gasteiger partial charge in [-0.15, -0.1) is 12.4 Å². The van der Waals surface area contributed by atoms with E-state index in [1.165, 1.54) is 0 Å². The third-order valence-corrected chi connectivity index (χ3v) is 2.66. The van der Waals surface area contributed by atoms with Crippen molar-refractivity contribution in [3.8, 4) is 0 Å². The van der Waals surface area contributed by atoms with Crippen molar-refractivity contribution >= 4 is 35.7 Å². The van der Waals surface area contributed by atoms with Crippen LogP contribution in [-0.2, 0) is 4.79 Å². The molecule has 2 rings (SSSR count). The van der Waals surface area contributed by atoms with Gasteiger partial charge in [0.1, 0.15) is 0 Å². The molecule has 6 nitrogen and oxygen atoms in total. The fourth-order valence-electron chi connectivity index (χ4n) is 1.81. The summed E-state index contributed by atoms with van der Waals surface area (Å²) < 4.78 is 0. The van der Waals surface area contributed by atoms with E-state index in [4.69, 9.17) is 0 Å². The molecule has 1 saturated heterocycles. The van der Waals surface area contributed by atoms with Gasteiger partial charge in [0.2, 0.25) is 5.91 Å². The van der Waals surface area contributed by atoms with E-state index in [1.54, 1.807) is 24.1 Å². The molecule has 19 heavy (non-hydrogen) atoms. The number of carbonyl (C=O) groups excluding carboxylic acids is 2. The van der Waals surface area contributed by atoms with E-state index < -0.39 is 0 Å². The molecule has 1 heterocycles. The molecule has 0 saturated carbocycles. The molecule has 0 radical (unpaired) electrons. The molecule has 1 fully saturated rings. The quantitative estimate of drug-likeness (QED) is 0.766. The van der Waals surface area contributed by atoms with Crippen LogP contribution in [0.25, 0.3) is 0 Å². The van der Waals surface area contributed by atoms with Crippen LogP contribution >= 0.6 is 12.4 Å². The Kier molecular flexibility index (Phi) is 5.59. The molecule has 0 atom stereocenters. The van der Waals surface area contributed by atoms with Crippen LogP contribution < -0.4 is 20.9 Å². The van der Waals surface area contributed by atoms with Gasteiger partial charge in [-0.25, -0.2) is 4.79 Å². The first-order chi connectivity index (χ1) is 8.70. The van der Waals surface area contributed by atoms with Gasteiger partial charge >= 0.3 is 6.03 Å². The lowest BCUT2D eigenvalue weighted by Gasteiger charge is -2.14. The molecule has 104 valence electrons. The molecule has 0 unspecified atom stereocenters. The minimum absolute atomic E-state index is 0. The van der Waals surface area contributed by atoms with Crippen molar-refractivity contribution in [2.45, 2.75) is 0 Å². The fraction of sp³-hybridized carbons (Fsp3) is 0.333. The minimum atomic E-state index is -0.0934. The summed E-state index contributed by atoms with van der Waals surface area (Å²) in [6.45, 7) is 1.61. The number of nitrogens with zero attached hydrogens (tertiary/aromatic N) is 1. The number of amides is 3. The topological polar surface area (TPSA) is 73.5 Å². The summed E-state index contributed by atoms with van der Waals surface area (Å²) in [6, 6.07) is 7.13. The Balaban J connectivity index is 0.00000180. The number of halogens is 1. The van der Waals surface area contributed by atoms with E-state index in [0.29, 0.717) is 13.1 Å². The second kappa shape index (κ2) is 6.96. The van der Waals surface area contributed by atoms with Crippen molar-refractivity contribution < 1.29 is 9.59 Å². The van der Waals surface area contributed by atoms with Gasteiger partial charge in [-0.2, -0.15) is 0 Å². The van der Waals surface area contributed by atoms with Crippen molar-refractivity contribution in [2.75, 3.05) is 36.9 Å². The average molecular weight is 285 g/mol. The Labute approximate surface area is 118 Å². The molecule has 0 bridgehead atoms. The largest absolute Gasteiger partial charge is 0.336 e. The number of benzene rings is 1. The molecule has 3 amide bonds. The number of likely N-dealkylation sites (N-methyl/N-ethyl adjacent to an activating group) is 1. The normalized spacial score (nSPS) is 13.7. The number of hydrogen-bond acceptors (Lipinski definition) is 3. The van der Waals surface area contributed by atoms with Crippen LogP contribution in [0.1, 0.15) is 0 Å². The van der Waals surface area contributed by atoms with Crippen molar-refractivity contribution in [1.29, 1.82) is 0 Å². The monoisotopic (exact) mass is 284 g/mol. The zero-order valence-electron chi connectivity index (χ0n) is 10.6. The fourth-order valence-corrected chi connectivity index (χ4v) is 1.81. The summed E-state index contributed by atoms with van der Waals surface area (Å²) in [5.74, 6) is -0.0934. The molecular weight excluding hydrogens is 268 g/mol. The van der Waals surface area contributed by atoms with Crippen LogP contribution in [0.3, 0.4) is 0 Å². The first-order valence-electron chi connectivity index (χ1n) is 5.80. The zero-order valence-corrected chi connectivity index (χ0v) is 11.4. The maximum absolute atomic E-state index is 11.5. The summed E-state index contributed by atoms with van der Waals surface area (Å²) in [7, 11) is 1.72. The molecule has 0 aromatic heterocycles. The molecule has 1 aliphatic rings. The van der Waals surface area contributed by atoms with Crippen LogP contribution in [-0.4, -0.2) is 38.6 Å². The highest BCUT2D eigenvalue weighted by molar-refractivity contribution is 5.95. The maximum atomic E-state index is 11.5. The van der Waals surface area contributed by atoms with E-state index in [-0.39, 0.29) is 30.9 Å². The molecule has 1 aromatic rings. The Hall–Kier alpha value is -1.79. The van der Waals surface area contributed by atoms with Gasteiger partial charge in [-0.1, -0.05) is 0 Å². The third kappa shape index (κ3) is 3.84. The number of anilines is 2. The van der Waals surface area contributed by atoms with Gasteiger partial charge in [0.15, 0.2) is 0 Å². The lowest BCUT2D eigenvalue weighted by atomic mass is 10.2. The van der Waals surface area contributed by atoms with Crippen LogP contribution in [0.2, 0.25) is 0 Å². The lowest BCUT2D eigenvalue weighted by molar-refractivity contribution is -0.115. The number of rotatable bonds is 4. The van der Waals surface area contributed by atoms with E-state index in [1.807, 2.05) is 12.1 Å². The second-order valence-electron chi connectivity index (χ2n) is 4.01. The van der Waals surface area contributed by atoms with Crippen molar-refractivity contribution in [1.82, 2.24) is 10.6 Å². The smallest absolute Gasteiger partial charge is 0.321 e. The van der Waals surface area contributed by atoms with Gasteiger partial charge in [0.05, 0.1) is 6.54 Å². The van der Waals surface area contributed by atoms with Gasteiger partial charge in [0, 0.05) is 24.5 Å². The Bertz CT molecular complexity index is 450. The molecule has 0 aliphatic carbocycles. The molecular formula is C12H17ClN4O2. The summed E-state index contributed by atoms with van der Waals surface area (Å²) in [5, 5.41) is 8.27. The number of nitrogens with one attached hydrogen (secondary N) is 3. The average Bonchev–Trinajstić information content (AvgIpc) is 2.77. The predicted octanol–water partition coefficient (Wildman–Crippen LogP) is 0.796. The van der Waals surface area contributed by atoms with Gasteiger partial charge in [-0.3, -0.25) is 9.69 Å². The minimum Gasteiger partial charge on any atom is -0.336 e. The van der Waals surface area contributed by atoms with Crippen molar-refractivity contribution in [3.05, 3.63) is 24.3 Å². The molecule has 7 heteroatoms. The Morgan fingerprint density at radius 2 is 2.05 bits per heavy atom. The standard InChI is InChI=1S/C12H16N4O2.ClH/c1-13-8-11(17)15-9-2-4-10(5-3-9)16-7-6-14-12(16)18;/h2-5,13H,6-8H2,1H3,(H,14,18)(H,15,17);1H.